The van der Waals surface area contributed by atoms with Crippen molar-refractivity contribution in [1.82, 2.24) is 4.90 Å². The lowest BCUT2D eigenvalue weighted by molar-refractivity contribution is -0.142. The second-order valence-corrected chi connectivity index (χ2v) is 5.29. The Hall–Kier alpha value is -0.570. The zero-order valence-corrected chi connectivity index (χ0v) is 9.58. The van der Waals surface area contributed by atoms with Gasteiger partial charge in [0.1, 0.15) is 0 Å². The summed E-state index contributed by atoms with van der Waals surface area (Å²) in [4.78, 5) is 13.2. The number of carboxylic acids is 1. The van der Waals surface area contributed by atoms with Crippen LogP contribution in [0.2, 0.25) is 0 Å². The van der Waals surface area contributed by atoms with Crippen LogP contribution in [-0.4, -0.2) is 34.6 Å². The molecule has 1 rings (SSSR count). The van der Waals surface area contributed by atoms with Crippen molar-refractivity contribution in [2.45, 2.75) is 39.7 Å². The third-order valence-electron chi connectivity index (χ3n) is 3.27. The zero-order chi connectivity index (χ0) is 10.9. The molecule has 3 heteroatoms. The first-order valence-electron chi connectivity index (χ1n) is 5.30. The molecule has 3 nitrogen and oxygen atoms in total. The summed E-state index contributed by atoms with van der Waals surface area (Å²) in [6.07, 6.45) is 1.02. The average molecular weight is 199 g/mol. The number of rotatable bonds is 2. The maximum absolute atomic E-state index is 10.8. The highest BCUT2D eigenvalue weighted by molar-refractivity contribution is 5.69. The van der Waals surface area contributed by atoms with Gasteiger partial charge in [0.15, 0.2) is 0 Å². The molecule has 14 heavy (non-hydrogen) atoms. The third-order valence-corrected chi connectivity index (χ3v) is 3.27. The van der Waals surface area contributed by atoms with Crippen molar-refractivity contribution in [3.8, 4) is 0 Å². The topological polar surface area (TPSA) is 40.5 Å². The second-order valence-electron chi connectivity index (χ2n) is 5.29. The van der Waals surface area contributed by atoms with E-state index >= 15 is 0 Å². The van der Waals surface area contributed by atoms with Gasteiger partial charge in [-0.25, -0.2) is 0 Å². The quantitative estimate of drug-likeness (QED) is 0.737. The van der Waals surface area contributed by atoms with Gasteiger partial charge in [-0.2, -0.15) is 0 Å². The van der Waals surface area contributed by atoms with E-state index in [1.165, 1.54) is 0 Å². The molecule has 0 aromatic heterocycles. The Labute approximate surface area is 86.1 Å². The van der Waals surface area contributed by atoms with Gasteiger partial charge in [0, 0.05) is 12.1 Å². The van der Waals surface area contributed by atoms with Crippen LogP contribution in [0.3, 0.4) is 0 Å². The van der Waals surface area contributed by atoms with E-state index in [1.54, 1.807) is 0 Å². The number of carbonyl (C=O) groups is 1. The summed E-state index contributed by atoms with van der Waals surface area (Å²) in [5.41, 5.74) is 0.174. The molecule has 0 bridgehead atoms. The molecule has 1 N–H and O–H groups in total. The van der Waals surface area contributed by atoms with Crippen LogP contribution in [0.4, 0.5) is 0 Å². The van der Waals surface area contributed by atoms with E-state index in [4.69, 9.17) is 5.11 Å². The van der Waals surface area contributed by atoms with Crippen molar-refractivity contribution in [3.63, 3.8) is 0 Å². The van der Waals surface area contributed by atoms with Crippen molar-refractivity contribution in [2.24, 2.45) is 11.8 Å². The normalized spacial score (nSPS) is 26.4. The number of hydrogen-bond donors (Lipinski definition) is 1. The predicted octanol–water partition coefficient (Wildman–Crippen LogP) is 1.83. The molecular formula is C11H21NO2. The molecular weight excluding hydrogens is 178 g/mol. The number of carboxylic acid groups (broad SMARTS) is 1. The van der Waals surface area contributed by atoms with Crippen LogP contribution >= 0.6 is 0 Å². The minimum absolute atomic E-state index is 0.174. The van der Waals surface area contributed by atoms with Crippen molar-refractivity contribution < 1.29 is 9.90 Å². The first-order chi connectivity index (χ1) is 6.32. The Morgan fingerprint density at radius 3 is 2.43 bits per heavy atom. The fourth-order valence-electron chi connectivity index (χ4n) is 2.01. The smallest absolute Gasteiger partial charge is 0.306 e. The van der Waals surface area contributed by atoms with Gasteiger partial charge in [-0.3, -0.25) is 9.69 Å². The maximum Gasteiger partial charge on any atom is 0.306 e. The molecule has 1 fully saturated rings. The highest BCUT2D eigenvalue weighted by atomic mass is 16.4. The number of likely N-dealkylation sites (tertiary alicyclic amines) is 1. The lowest BCUT2D eigenvalue weighted by atomic mass is 9.93. The average Bonchev–Trinajstić information content (AvgIpc) is 2.49. The van der Waals surface area contributed by atoms with Gasteiger partial charge in [-0.15, -0.1) is 0 Å². The molecule has 1 saturated heterocycles. The standard InChI is InChI=1S/C11H21NO2/c1-8(10(13)14)9-5-6-12(7-9)11(2,3)4/h8-9H,5-7H2,1-4H3,(H,13,14)/t8-,9?/m1/s1. The lowest BCUT2D eigenvalue weighted by Crippen LogP contribution is -2.40. The summed E-state index contributed by atoms with van der Waals surface area (Å²) in [7, 11) is 0. The first-order valence-corrected chi connectivity index (χ1v) is 5.30. The zero-order valence-electron chi connectivity index (χ0n) is 9.58. The molecule has 0 saturated carbocycles. The summed E-state index contributed by atoms with van der Waals surface area (Å²) < 4.78 is 0. The van der Waals surface area contributed by atoms with E-state index in [9.17, 15) is 4.79 Å². The summed E-state index contributed by atoms with van der Waals surface area (Å²) in [6, 6.07) is 0. The maximum atomic E-state index is 10.8. The summed E-state index contributed by atoms with van der Waals surface area (Å²) in [6.45, 7) is 10.3. The molecule has 1 heterocycles. The van der Waals surface area contributed by atoms with Crippen LogP contribution in [0.1, 0.15) is 34.1 Å². The second kappa shape index (κ2) is 3.89. The highest BCUT2D eigenvalue weighted by Crippen LogP contribution is 2.29. The van der Waals surface area contributed by atoms with Gasteiger partial charge >= 0.3 is 5.97 Å². The molecule has 1 aliphatic rings. The molecule has 0 radical (unpaired) electrons. The van der Waals surface area contributed by atoms with Gasteiger partial charge < -0.3 is 5.11 Å². The number of nitrogens with zero attached hydrogens (tertiary/aromatic N) is 1. The minimum Gasteiger partial charge on any atom is -0.481 e. The predicted molar refractivity (Wildman–Crippen MR) is 56.2 cm³/mol. The van der Waals surface area contributed by atoms with E-state index in [2.05, 4.69) is 25.7 Å². The van der Waals surface area contributed by atoms with E-state index in [0.717, 1.165) is 19.5 Å². The van der Waals surface area contributed by atoms with E-state index in [-0.39, 0.29) is 11.5 Å². The molecule has 0 aromatic carbocycles. The lowest BCUT2D eigenvalue weighted by Gasteiger charge is -2.32. The Morgan fingerprint density at radius 1 is 1.50 bits per heavy atom. The van der Waals surface area contributed by atoms with Crippen molar-refractivity contribution >= 4 is 5.97 Å². The molecule has 0 spiro atoms. The summed E-state index contributed by atoms with van der Waals surface area (Å²) in [5, 5.41) is 8.91. The van der Waals surface area contributed by atoms with Crippen LogP contribution < -0.4 is 0 Å². The van der Waals surface area contributed by atoms with Gasteiger partial charge in [0.2, 0.25) is 0 Å². The van der Waals surface area contributed by atoms with E-state index < -0.39 is 5.97 Å². The van der Waals surface area contributed by atoms with Crippen molar-refractivity contribution in [2.75, 3.05) is 13.1 Å². The molecule has 1 aliphatic heterocycles. The molecule has 0 aromatic rings. The van der Waals surface area contributed by atoms with Crippen LogP contribution in [0.15, 0.2) is 0 Å². The van der Waals surface area contributed by atoms with E-state index in [1.807, 2.05) is 6.92 Å². The Bertz CT molecular complexity index is 220. The van der Waals surface area contributed by atoms with Crippen molar-refractivity contribution in [3.05, 3.63) is 0 Å². The molecule has 2 atom stereocenters. The fraction of sp³-hybridized carbons (Fsp3) is 0.909. The van der Waals surface area contributed by atoms with Gasteiger partial charge in [0.25, 0.3) is 0 Å². The Morgan fingerprint density at radius 2 is 2.07 bits per heavy atom. The highest BCUT2D eigenvalue weighted by Gasteiger charge is 2.34. The molecule has 0 aliphatic carbocycles. The number of hydrogen-bond acceptors (Lipinski definition) is 2. The minimum atomic E-state index is -0.661. The largest absolute Gasteiger partial charge is 0.481 e. The monoisotopic (exact) mass is 199 g/mol. The third kappa shape index (κ3) is 2.47. The molecule has 0 amide bonds. The Balaban J connectivity index is 2.53. The van der Waals surface area contributed by atoms with Gasteiger partial charge in [-0.05, 0) is 39.7 Å². The van der Waals surface area contributed by atoms with Crippen LogP contribution in [-0.2, 0) is 4.79 Å². The van der Waals surface area contributed by atoms with Crippen LogP contribution in [0.25, 0.3) is 0 Å². The summed E-state index contributed by atoms with van der Waals surface area (Å²) >= 11 is 0. The van der Waals surface area contributed by atoms with Gasteiger partial charge in [-0.1, -0.05) is 6.92 Å². The number of aliphatic carboxylic acids is 1. The molecule has 1 unspecified atom stereocenters. The SMILES string of the molecule is C[C@@H](C(=O)O)C1CCN(C(C)(C)C)C1. The fourth-order valence-corrected chi connectivity index (χ4v) is 2.01. The first kappa shape index (κ1) is 11.5. The van der Waals surface area contributed by atoms with Gasteiger partial charge in [0.05, 0.1) is 5.92 Å². The van der Waals surface area contributed by atoms with Crippen LogP contribution in [0, 0.1) is 11.8 Å². The summed E-state index contributed by atoms with van der Waals surface area (Å²) in [5.74, 6) is -0.542. The Kier molecular flexibility index (Phi) is 3.20. The van der Waals surface area contributed by atoms with Crippen LogP contribution in [0.5, 0.6) is 0 Å². The van der Waals surface area contributed by atoms with Crippen molar-refractivity contribution in [1.29, 1.82) is 0 Å². The van der Waals surface area contributed by atoms with E-state index in [0.29, 0.717) is 5.92 Å². The molecule has 82 valence electrons.